The maximum atomic E-state index is 13.3. The largest absolute Gasteiger partial charge is 0.384 e. The van der Waals surface area contributed by atoms with Gasteiger partial charge in [0.1, 0.15) is 18.0 Å². The van der Waals surface area contributed by atoms with Gasteiger partial charge in [0, 0.05) is 25.8 Å². The molecule has 7 nitrogen and oxygen atoms in total. The Hall–Kier alpha value is -3.02. The van der Waals surface area contributed by atoms with E-state index in [1.807, 2.05) is 11.0 Å². The van der Waals surface area contributed by atoms with Gasteiger partial charge in [0.25, 0.3) is 5.91 Å². The van der Waals surface area contributed by atoms with Crippen molar-refractivity contribution in [1.82, 2.24) is 10.3 Å². The summed E-state index contributed by atoms with van der Waals surface area (Å²) in [6.45, 7) is 1.74. The van der Waals surface area contributed by atoms with Crippen molar-refractivity contribution in [1.29, 1.82) is 5.26 Å². The number of pyridine rings is 1. The summed E-state index contributed by atoms with van der Waals surface area (Å²) in [6.07, 6.45) is 0.0573. The second-order valence-electron chi connectivity index (χ2n) is 7.09. The van der Waals surface area contributed by atoms with Crippen LogP contribution in [0.3, 0.4) is 0 Å². The minimum atomic E-state index is -1.60. The molecule has 0 unspecified atom stereocenters. The zero-order valence-electron chi connectivity index (χ0n) is 15.8. The van der Waals surface area contributed by atoms with Crippen LogP contribution in [0.2, 0.25) is 0 Å². The molecule has 1 amide bonds. The number of piperidine rings is 1. The van der Waals surface area contributed by atoms with E-state index in [0.29, 0.717) is 30.9 Å². The molecule has 0 bridgehead atoms. The molecule has 0 radical (unpaired) electrons. The number of nitriles is 1. The van der Waals surface area contributed by atoms with Gasteiger partial charge in [0.15, 0.2) is 6.10 Å². The predicted molar refractivity (Wildman–Crippen MR) is 104 cm³/mol. The van der Waals surface area contributed by atoms with E-state index in [4.69, 9.17) is 0 Å². The van der Waals surface area contributed by atoms with E-state index in [2.05, 4.69) is 10.3 Å². The van der Waals surface area contributed by atoms with Gasteiger partial charge in [-0.1, -0.05) is 6.07 Å². The van der Waals surface area contributed by atoms with Crippen LogP contribution in [0.1, 0.15) is 30.2 Å². The van der Waals surface area contributed by atoms with Crippen LogP contribution in [0.25, 0.3) is 0 Å². The number of aliphatic hydroxyl groups is 2. The smallest absolute Gasteiger partial charge is 0.251 e. The molecule has 1 aliphatic rings. The number of nitrogens with zero attached hydrogens (tertiary/aromatic N) is 3. The number of halogens is 1. The SMILES string of the molecule is N#Cc1cc(F)ccc1N1CCC(CNC(=O)[C@H](O)[C@@H](O)c2ccccn2)CC1. The highest BCUT2D eigenvalue weighted by Crippen LogP contribution is 2.26. The number of carbonyl (C=O) groups is 1. The Labute approximate surface area is 168 Å². The molecule has 2 heterocycles. The van der Waals surface area contributed by atoms with Gasteiger partial charge < -0.3 is 20.4 Å². The van der Waals surface area contributed by atoms with Crippen LogP contribution >= 0.6 is 0 Å². The molecule has 2 atom stereocenters. The monoisotopic (exact) mass is 398 g/mol. The van der Waals surface area contributed by atoms with Crippen LogP contribution in [-0.2, 0) is 4.79 Å². The number of nitrogens with one attached hydrogen (secondary N) is 1. The van der Waals surface area contributed by atoms with Crippen molar-refractivity contribution in [2.45, 2.75) is 25.0 Å². The fraction of sp³-hybridized carbons (Fsp3) is 0.381. The quantitative estimate of drug-likeness (QED) is 0.681. The molecule has 29 heavy (non-hydrogen) atoms. The average Bonchev–Trinajstić information content (AvgIpc) is 2.77. The Morgan fingerprint density at radius 2 is 2.07 bits per heavy atom. The van der Waals surface area contributed by atoms with Gasteiger partial charge in [-0.15, -0.1) is 0 Å². The zero-order valence-corrected chi connectivity index (χ0v) is 15.8. The van der Waals surface area contributed by atoms with Crippen molar-refractivity contribution < 1.29 is 19.4 Å². The number of aromatic nitrogens is 1. The molecule has 2 aromatic rings. The normalized spacial score (nSPS) is 16.7. The Balaban J connectivity index is 1.49. The number of rotatable bonds is 6. The predicted octanol–water partition coefficient (Wildman–Crippen LogP) is 1.52. The Kier molecular flexibility index (Phi) is 6.75. The summed E-state index contributed by atoms with van der Waals surface area (Å²) in [5, 5.41) is 32.1. The summed E-state index contributed by atoms with van der Waals surface area (Å²) in [7, 11) is 0. The Morgan fingerprint density at radius 1 is 1.31 bits per heavy atom. The van der Waals surface area contributed by atoms with E-state index >= 15 is 0 Å². The Morgan fingerprint density at radius 3 is 2.72 bits per heavy atom. The third-order valence-electron chi connectivity index (χ3n) is 5.16. The van der Waals surface area contributed by atoms with Gasteiger partial charge in [0.2, 0.25) is 0 Å². The fourth-order valence-electron chi connectivity index (χ4n) is 3.46. The molecule has 1 aromatic carbocycles. The van der Waals surface area contributed by atoms with E-state index in [0.717, 1.165) is 12.8 Å². The molecule has 0 aliphatic carbocycles. The number of hydrogen-bond acceptors (Lipinski definition) is 6. The van der Waals surface area contributed by atoms with Crippen LogP contribution in [0.15, 0.2) is 42.6 Å². The molecule has 8 heteroatoms. The summed E-state index contributed by atoms with van der Waals surface area (Å²) in [5.41, 5.74) is 1.25. The molecule has 0 spiro atoms. The van der Waals surface area contributed by atoms with E-state index in [1.54, 1.807) is 24.3 Å². The Bertz CT molecular complexity index is 879. The lowest BCUT2D eigenvalue weighted by molar-refractivity contribution is -0.135. The minimum Gasteiger partial charge on any atom is -0.384 e. The van der Waals surface area contributed by atoms with Crippen molar-refractivity contribution in [3.05, 3.63) is 59.7 Å². The van der Waals surface area contributed by atoms with Gasteiger partial charge in [-0.2, -0.15) is 5.26 Å². The molecule has 3 rings (SSSR count). The van der Waals surface area contributed by atoms with Gasteiger partial charge in [0.05, 0.1) is 16.9 Å². The summed E-state index contributed by atoms with van der Waals surface area (Å²) in [6, 6.07) is 11.1. The van der Waals surface area contributed by atoms with Crippen LogP contribution in [0, 0.1) is 23.1 Å². The van der Waals surface area contributed by atoms with E-state index in [-0.39, 0.29) is 11.6 Å². The van der Waals surface area contributed by atoms with E-state index in [1.165, 1.54) is 18.3 Å². The first-order chi connectivity index (χ1) is 14.0. The third kappa shape index (κ3) is 5.08. The van der Waals surface area contributed by atoms with Crippen molar-refractivity contribution in [2.24, 2.45) is 5.92 Å². The highest BCUT2D eigenvalue weighted by molar-refractivity contribution is 5.81. The van der Waals surface area contributed by atoms with Crippen molar-refractivity contribution in [3.8, 4) is 6.07 Å². The number of carbonyl (C=O) groups excluding carboxylic acids is 1. The van der Waals surface area contributed by atoms with Crippen LogP contribution in [-0.4, -0.2) is 46.8 Å². The lowest BCUT2D eigenvalue weighted by atomic mass is 9.95. The molecule has 1 aromatic heterocycles. The van der Waals surface area contributed by atoms with Gasteiger partial charge in [-0.05, 0) is 49.1 Å². The number of aliphatic hydroxyl groups excluding tert-OH is 2. The third-order valence-corrected chi connectivity index (χ3v) is 5.16. The topological polar surface area (TPSA) is 109 Å². The fourth-order valence-corrected chi connectivity index (χ4v) is 3.46. The van der Waals surface area contributed by atoms with E-state index in [9.17, 15) is 24.7 Å². The van der Waals surface area contributed by atoms with Crippen molar-refractivity contribution in [2.75, 3.05) is 24.5 Å². The summed E-state index contributed by atoms with van der Waals surface area (Å²) in [4.78, 5) is 18.2. The van der Waals surface area contributed by atoms with Crippen LogP contribution in [0.4, 0.5) is 10.1 Å². The molecule has 3 N–H and O–H groups in total. The first-order valence-electron chi connectivity index (χ1n) is 9.49. The number of anilines is 1. The maximum absolute atomic E-state index is 13.3. The van der Waals surface area contributed by atoms with Gasteiger partial charge in [-0.25, -0.2) is 4.39 Å². The maximum Gasteiger partial charge on any atom is 0.251 e. The molecule has 152 valence electrons. The lowest BCUT2D eigenvalue weighted by Crippen LogP contribution is -2.43. The molecule has 1 aliphatic heterocycles. The minimum absolute atomic E-state index is 0.209. The molecular weight excluding hydrogens is 375 g/mol. The number of hydrogen-bond donors (Lipinski definition) is 3. The first kappa shape index (κ1) is 20.7. The number of benzene rings is 1. The average molecular weight is 398 g/mol. The van der Waals surface area contributed by atoms with Crippen molar-refractivity contribution in [3.63, 3.8) is 0 Å². The van der Waals surface area contributed by atoms with E-state index < -0.39 is 23.9 Å². The van der Waals surface area contributed by atoms with Crippen LogP contribution < -0.4 is 10.2 Å². The summed E-state index contributed by atoms with van der Waals surface area (Å²) in [5.74, 6) is -0.870. The standard InChI is InChI=1S/C21H23FN4O3/c22-16-4-5-18(15(11-16)12-23)26-9-6-14(7-10-26)13-25-21(29)20(28)19(27)17-3-1-2-8-24-17/h1-5,8,11,14,19-20,27-28H,6-7,9-10,13H2,(H,25,29)/t19-,20+/m0/s1. The van der Waals surface area contributed by atoms with Crippen molar-refractivity contribution >= 4 is 11.6 Å². The van der Waals surface area contributed by atoms with Crippen LogP contribution in [0.5, 0.6) is 0 Å². The highest BCUT2D eigenvalue weighted by Gasteiger charge is 2.28. The first-order valence-corrected chi connectivity index (χ1v) is 9.49. The van der Waals surface area contributed by atoms with Gasteiger partial charge in [-0.3, -0.25) is 9.78 Å². The molecule has 1 saturated heterocycles. The second kappa shape index (κ2) is 9.45. The number of amides is 1. The lowest BCUT2D eigenvalue weighted by Gasteiger charge is -2.34. The summed E-state index contributed by atoms with van der Waals surface area (Å²) < 4.78 is 13.3. The highest BCUT2D eigenvalue weighted by atomic mass is 19.1. The molecular formula is C21H23FN4O3. The second-order valence-corrected chi connectivity index (χ2v) is 7.09. The molecule has 1 fully saturated rings. The zero-order chi connectivity index (χ0) is 20.8. The van der Waals surface area contributed by atoms with Gasteiger partial charge >= 0.3 is 0 Å². The molecule has 0 saturated carbocycles. The summed E-state index contributed by atoms with van der Waals surface area (Å²) >= 11 is 0.